The number of aryl methyl sites for hydroxylation is 1. The highest BCUT2D eigenvalue weighted by atomic mass is 35.5. The fourth-order valence-electron chi connectivity index (χ4n) is 2.32. The molecule has 8 heteroatoms. The standard InChI is InChI=1S/C12H10ClF3N4/c13-8-4-6(12(14,15)16)5-18-11(8)20-10(17)7-2-1-3-9(7)19-20/h4-5H,1-3,17H2. The van der Waals surface area contributed by atoms with Gasteiger partial charge >= 0.3 is 6.18 Å². The van der Waals surface area contributed by atoms with Crippen LogP contribution in [0.2, 0.25) is 5.02 Å². The second-order valence-electron chi connectivity index (χ2n) is 4.60. The summed E-state index contributed by atoms with van der Waals surface area (Å²) >= 11 is 5.89. The van der Waals surface area contributed by atoms with E-state index in [0.29, 0.717) is 5.82 Å². The van der Waals surface area contributed by atoms with E-state index in [-0.39, 0.29) is 10.8 Å². The lowest BCUT2D eigenvalue weighted by Gasteiger charge is -2.10. The van der Waals surface area contributed by atoms with Gasteiger partial charge in [-0.05, 0) is 25.3 Å². The maximum Gasteiger partial charge on any atom is 0.417 e. The Bertz CT molecular complexity index is 678. The van der Waals surface area contributed by atoms with Crippen molar-refractivity contribution < 1.29 is 13.2 Å². The van der Waals surface area contributed by atoms with Gasteiger partial charge in [-0.15, -0.1) is 0 Å². The molecule has 0 bridgehead atoms. The van der Waals surface area contributed by atoms with Gasteiger partial charge in [0, 0.05) is 11.8 Å². The largest absolute Gasteiger partial charge is 0.417 e. The fourth-order valence-corrected chi connectivity index (χ4v) is 2.57. The van der Waals surface area contributed by atoms with E-state index in [2.05, 4.69) is 10.1 Å². The zero-order valence-corrected chi connectivity index (χ0v) is 11.0. The molecule has 3 rings (SSSR count). The number of alkyl halides is 3. The molecule has 0 amide bonds. The van der Waals surface area contributed by atoms with Gasteiger partial charge in [0.1, 0.15) is 5.82 Å². The molecule has 106 valence electrons. The predicted molar refractivity (Wildman–Crippen MR) is 67.8 cm³/mol. The van der Waals surface area contributed by atoms with Gasteiger partial charge in [-0.2, -0.15) is 23.0 Å². The lowest BCUT2D eigenvalue weighted by molar-refractivity contribution is -0.137. The Balaban J connectivity index is 2.08. The molecule has 1 aliphatic carbocycles. The Morgan fingerprint density at radius 1 is 1.30 bits per heavy atom. The highest BCUT2D eigenvalue weighted by Crippen LogP contribution is 2.34. The molecule has 0 fully saturated rings. The Morgan fingerprint density at radius 3 is 2.65 bits per heavy atom. The number of pyridine rings is 1. The molecule has 0 saturated heterocycles. The summed E-state index contributed by atoms with van der Waals surface area (Å²) < 4.78 is 39.0. The highest BCUT2D eigenvalue weighted by molar-refractivity contribution is 6.32. The Labute approximate surface area is 117 Å². The van der Waals surface area contributed by atoms with E-state index in [9.17, 15) is 13.2 Å². The number of halogens is 4. The number of hydrogen-bond acceptors (Lipinski definition) is 3. The van der Waals surface area contributed by atoms with Crippen molar-refractivity contribution in [2.24, 2.45) is 0 Å². The number of nitrogens with two attached hydrogens (primary N) is 1. The molecule has 0 radical (unpaired) electrons. The van der Waals surface area contributed by atoms with Crippen molar-refractivity contribution in [1.82, 2.24) is 14.8 Å². The smallest absolute Gasteiger partial charge is 0.383 e. The van der Waals surface area contributed by atoms with Gasteiger partial charge < -0.3 is 5.73 Å². The van der Waals surface area contributed by atoms with Crippen LogP contribution in [0, 0.1) is 0 Å². The summed E-state index contributed by atoms with van der Waals surface area (Å²) in [4.78, 5) is 3.76. The van der Waals surface area contributed by atoms with Crippen LogP contribution in [0.15, 0.2) is 12.3 Å². The summed E-state index contributed by atoms with van der Waals surface area (Å²) in [6.07, 6.45) is -1.14. The number of anilines is 1. The molecule has 2 aromatic rings. The number of fused-ring (bicyclic) bond motifs is 1. The van der Waals surface area contributed by atoms with Crippen LogP contribution in [0.1, 0.15) is 23.2 Å². The van der Waals surface area contributed by atoms with Crippen LogP contribution in [-0.4, -0.2) is 14.8 Å². The van der Waals surface area contributed by atoms with E-state index < -0.39 is 11.7 Å². The molecular weight excluding hydrogens is 293 g/mol. The molecule has 0 atom stereocenters. The lowest BCUT2D eigenvalue weighted by atomic mass is 10.2. The van der Waals surface area contributed by atoms with Crippen LogP contribution in [-0.2, 0) is 19.0 Å². The second-order valence-corrected chi connectivity index (χ2v) is 5.01. The van der Waals surface area contributed by atoms with Gasteiger partial charge in [0.05, 0.1) is 16.3 Å². The van der Waals surface area contributed by atoms with Gasteiger partial charge in [-0.3, -0.25) is 0 Å². The van der Waals surface area contributed by atoms with E-state index >= 15 is 0 Å². The van der Waals surface area contributed by atoms with Gasteiger partial charge in [0.25, 0.3) is 0 Å². The number of nitrogen functional groups attached to an aromatic ring is 1. The number of rotatable bonds is 1. The van der Waals surface area contributed by atoms with Crippen molar-refractivity contribution in [1.29, 1.82) is 0 Å². The molecular formula is C12H10ClF3N4. The first-order valence-electron chi connectivity index (χ1n) is 5.97. The topological polar surface area (TPSA) is 56.7 Å². The molecule has 2 heterocycles. The maximum absolute atomic E-state index is 12.6. The minimum atomic E-state index is -4.48. The molecule has 20 heavy (non-hydrogen) atoms. The SMILES string of the molecule is Nc1c2c(nn1-c1ncc(C(F)(F)F)cc1Cl)CCC2. The third-order valence-corrected chi connectivity index (χ3v) is 3.57. The van der Waals surface area contributed by atoms with Gasteiger partial charge in [-0.1, -0.05) is 11.6 Å². The van der Waals surface area contributed by atoms with Crippen LogP contribution in [0.5, 0.6) is 0 Å². The third-order valence-electron chi connectivity index (χ3n) is 3.30. The second kappa shape index (κ2) is 4.37. The van der Waals surface area contributed by atoms with Crippen molar-refractivity contribution in [3.05, 3.63) is 34.1 Å². The molecule has 2 N–H and O–H groups in total. The first kappa shape index (κ1) is 13.2. The van der Waals surface area contributed by atoms with Crippen molar-refractivity contribution in [3.8, 4) is 5.82 Å². The minimum Gasteiger partial charge on any atom is -0.383 e. The van der Waals surface area contributed by atoms with Gasteiger partial charge in [-0.25, -0.2) is 4.98 Å². The van der Waals surface area contributed by atoms with Crippen LogP contribution in [0.25, 0.3) is 5.82 Å². The van der Waals surface area contributed by atoms with E-state index in [4.69, 9.17) is 17.3 Å². The minimum absolute atomic E-state index is 0.117. The number of nitrogens with zero attached hydrogens (tertiary/aromatic N) is 3. The van der Waals surface area contributed by atoms with Crippen molar-refractivity contribution in [3.63, 3.8) is 0 Å². The molecule has 0 aromatic carbocycles. The van der Waals surface area contributed by atoms with E-state index in [0.717, 1.165) is 42.8 Å². The summed E-state index contributed by atoms with van der Waals surface area (Å²) in [5.74, 6) is 0.512. The van der Waals surface area contributed by atoms with Crippen LogP contribution in [0.3, 0.4) is 0 Å². The molecule has 4 nitrogen and oxygen atoms in total. The number of aromatic nitrogens is 3. The normalized spacial score (nSPS) is 14.6. The summed E-state index contributed by atoms with van der Waals surface area (Å²) in [7, 11) is 0. The van der Waals surface area contributed by atoms with Crippen LogP contribution in [0.4, 0.5) is 19.0 Å². The predicted octanol–water partition coefficient (Wildman–Crippen LogP) is 3.01. The summed E-state index contributed by atoms with van der Waals surface area (Å²) in [6.45, 7) is 0. The Kier molecular flexibility index (Phi) is 2.89. The Hall–Kier alpha value is -1.76. The molecule has 0 unspecified atom stereocenters. The highest BCUT2D eigenvalue weighted by Gasteiger charge is 2.32. The van der Waals surface area contributed by atoms with Crippen molar-refractivity contribution in [2.75, 3.05) is 5.73 Å². The lowest BCUT2D eigenvalue weighted by Crippen LogP contribution is -2.10. The van der Waals surface area contributed by atoms with Gasteiger partial charge in [0.2, 0.25) is 0 Å². The quantitative estimate of drug-likeness (QED) is 0.881. The van der Waals surface area contributed by atoms with Crippen molar-refractivity contribution >= 4 is 17.4 Å². The zero-order valence-electron chi connectivity index (χ0n) is 10.2. The van der Waals surface area contributed by atoms with Crippen LogP contribution >= 0.6 is 11.6 Å². The first-order valence-corrected chi connectivity index (χ1v) is 6.35. The summed E-state index contributed by atoms with van der Waals surface area (Å²) in [6, 6.07) is 0.829. The molecule has 0 aliphatic heterocycles. The van der Waals surface area contributed by atoms with Gasteiger partial charge in [0.15, 0.2) is 5.82 Å². The van der Waals surface area contributed by atoms with E-state index in [1.165, 1.54) is 4.68 Å². The van der Waals surface area contributed by atoms with E-state index in [1.807, 2.05) is 0 Å². The zero-order chi connectivity index (χ0) is 14.5. The average molecular weight is 303 g/mol. The Morgan fingerprint density at radius 2 is 2.05 bits per heavy atom. The maximum atomic E-state index is 12.6. The molecule has 1 aliphatic rings. The average Bonchev–Trinajstić information content (AvgIpc) is 2.92. The first-order chi connectivity index (χ1) is 9.38. The molecule has 2 aromatic heterocycles. The summed E-state index contributed by atoms with van der Waals surface area (Å²) in [5, 5.41) is 4.14. The monoisotopic (exact) mass is 302 g/mol. The van der Waals surface area contributed by atoms with E-state index in [1.54, 1.807) is 0 Å². The number of hydrogen-bond donors (Lipinski definition) is 1. The summed E-state index contributed by atoms with van der Waals surface area (Å²) in [5.41, 5.74) is 6.85. The molecule has 0 spiro atoms. The molecule has 0 saturated carbocycles. The van der Waals surface area contributed by atoms with Crippen LogP contribution < -0.4 is 5.73 Å². The third kappa shape index (κ3) is 2.02. The van der Waals surface area contributed by atoms with Crippen molar-refractivity contribution in [2.45, 2.75) is 25.4 Å². The fraction of sp³-hybridized carbons (Fsp3) is 0.333.